The zero-order chi connectivity index (χ0) is 18.7. The van der Waals surface area contributed by atoms with Gasteiger partial charge in [-0.25, -0.2) is 0 Å². The zero-order valence-corrected chi connectivity index (χ0v) is 18.1. The topological polar surface area (TPSA) is 49.7 Å². The first kappa shape index (κ1) is 20.9. The van der Waals surface area contributed by atoms with Crippen LogP contribution in [0.15, 0.2) is 33.6 Å². The SMILES string of the molecule is Cc1ccc(S(=O)(=O)/N=C(\C[Si](C)(C)C)N(C(C)C)C(C)C)cc1. The smallest absolute Gasteiger partial charge is 0.283 e. The summed E-state index contributed by atoms with van der Waals surface area (Å²) < 4.78 is 29.9. The fourth-order valence-electron chi connectivity index (χ4n) is 2.74. The average molecular weight is 369 g/mol. The fourth-order valence-corrected chi connectivity index (χ4v) is 5.09. The van der Waals surface area contributed by atoms with Crippen LogP contribution >= 0.6 is 0 Å². The van der Waals surface area contributed by atoms with Gasteiger partial charge in [-0.1, -0.05) is 37.3 Å². The van der Waals surface area contributed by atoms with Crippen molar-refractivity contribution in [3.8, 4) is 0 Å². The molecular weight excluding hydrogens is 336 g/mol. The summed E-state index contributed by atoms with van der Waals surface area (Å²) in [6.45, 7) is 17.0. The van der Waals surface area contributed by atoms with Crippen molar-refractivity contribution >= 4 is 23.9 Å². The van der Waals surface area contributed by atoms with Gasteiger partial charge in [0.15, 0.2) is 0 Å². The monoisotopic (exact) mass is 368 g/mol. The first-order valence-electron chi connectivity index (χ1n) is 8.52. The summed E-state index contributed by atoms with van der Waals surface area (Å²) in [6.07, 6.45) is 0. The van der Waals surface area contributed by atoms with E-state index < -0.39 is 18.1 Å². The lowest BCUT2D eigenvalue weighted by molar-refractivity contribution is 0.290. The Morgan fingerprint density at radius 1 is 1.04 bits per heavy atom. The van der Waals surface area contributed by atoms with Crippen molar-refractivity contribution < 1.29 is 8.42 Å². The number of hydrogen-bond donors (Lipinski definition) is 0. The van der Waals surface area contributed by atoms with Crippen molar-refractivity contribution in [1.82, 2.24) is 4.90 Å². The molecular formula is C18H32N2O2SSi. The summed E-state index contributed by atoms with van der Waals surface area (Å²) in [5.41, 5.74) is 1.03. The summed E-state index contributed by atoms with van der Waals surface area (Å²) in [5, 5.41) is 0. The predicted octanol–water partition coefficient (Wildman–Crippen LogP) is 4.54. The number of aryl methyl sites for hydroxylation is 1. The molecule has 0 bridgehead atoms. The summed E-state index contributed by atoms with van der Waals surface area (Å²) >= 11 is 0. The zero-order valence-electron chi connectivity index (χ0n) is 16.3. The van der Waals surface area contributed by atoms with Crippen LogP contribution in [-0.2, 0) is 10.0 Å². The van der Waals surface area contributed by atoms with E-state index >= 15 is 0 Å². The van der Waals surface area contributed by atoms with Gasteiger partial charge in [-0.15, -0.1) is 4.40 Å². The summed E-state index contributed by atoms with van der Waals surface area (Å²) in [4.78, 5) is 2.39. The number of rotatable bonds is 6. The van der Waals surface area contributed by atoms with E-state index in [0.717, 1.165) is 11.6 Å². The van der Waals surface area contributed by atoms with E-state index in [1.165, 1.54) is 0 Å². The summed E-state index contributed by atoms with van der Waals surface area (Å²) in [5.74, 6) is 0.694. The Bertz CT molecular complexity index is 664. The van der Waals surface area contributed by atoms with Gasteiger partial charge in [0.2, 0.25) is 0 Å². The van der Waals surface area contributed by atoms with Gasteiger partial charge in [-0.3, -0.25) is 0 Å². The Kier molecular flexibility index (Phi) is 6.81. The minimum absolute atomic E-state index is 0.202. The second-order valence-electron chi connectivity index (χ2n) is 8.13. The highest BCUT2D eigenvalue weighted by molar-refractivity contribution is 7.90. The molecule has 0 radical (unpaired) electrons. The Morgan fingerprint density at radius 2 is 1.50 bits per heavy atom. The van der Waals surface area contributed by atoms with E-state index in [1.807, 2.05) is 19.1 Å². The van der Waals surface area contributed by atoms with Crippen LogP contribution in [-0.4, -0.2) is 39.3 Å². The van der Waals surface area contributed by atoms with E-state index in [9.17, 15) is 8.42 Å². The minimum atomic E-state index is -3.69. The summed E-state index contributed by atoms with van der Waals surface area (Å²) in [6, 6.07) is 8.03. The molecule has 0 aliphatic heterocycles. The third-order valence-electron chi connectivity index (χ3n) is 3.64. The molecule has 136 valence electrons. The van der Waals surface area contributed by atoms with Gasteiger partial charge in [0.25, 0.3) is 10.0 Å². The maximum absolute atomic E-state index is 12.8. The van der Waals surface area contributed by atoms with Crippen molar-refractivity contribution in [2.45, 2.75) is 77.3 Å². The van der Waals surface area contributed by atoms with Crippen LogP contribution in [0.4, 0.5) is 0 Å². The van der Waals surface area contributed by atoms with E-state index in [-0.39, 0.29) is 17.0 Å². The van der Waals surface area contributed by atoms with Gasteiger partial charge in [0.1, 0.15) is 5.84 Å². The largest absolute Gasteiger partial charge is 0.355 e. The second kappa shape index (κ2) is 7.83. The third-order valence-corrected chi connectivity index (χ3v) is 6.34. The lowest BCUT2D eigenvalue weighted by atomic mass is 10.2. The molecule has 1 aromatic carbocycles. The predicted molar refractivity (Wildman–Crippen MR) is 106 cm³/mol. The molecule has 0 unspecified atom stereocenters. The van der Waals surface area contributed by atoms with Gasteiger partial charge in [-0.05, 0) is 46.8 Å². The Morgan fingerprint density at radius 3 is 1.88 bits per heavy atom. The van der Waals surface area contributed by atoms with Crippen molar-refractivity contribution in [2.75, 3.05) is 0 Å². The lowest BCUT2D eigenvalue weighted by Crippen LogP contribution is -2.45. The Balaban J connectivity index is 3.41. The molecule has 6 heteroatoms. The molecule has 0 aliphatic carbocycles. The van der Waals surface area contributed by atoms with Crippen LogP contribution in [0.2, 0.25) is 25.7 Å². The highest BCUT2D eigenvalue weighted by Gasteiger charge is 2.27. The van der Waals surface area contributed by atoms with Crippen LogP contribution in [0.1, 0.15) is 33.3 Å². The normalized spacial score (nSPS) is 13.7. The van der Waals surface area contributed by atoms with Crippen molar-refractivity contribution in [3.63, 3.8) is 0 Å². The number of amidine groups is 1. The Labute approximate surface area is 149 Å². The molecule has 1 rings (SSSR count). The Hall–Kier alpha value is -1.14. The van der Waals surface area contributed by atoms with Gasteiger partial charge >= 0.3 is 0 Å². The molecule has 0 amide bonds. The van der Waals surface area contributed by atoms with E-state index in [2.05, 4.69) is 56.6 Å². The molecule has 24 heavy (non-hydrogen) atoms. The van der Waals surface area contributed by atoms with Crippen LogP contribution in [0.5, 0.6) is 0 Å². The fraction of sp³-hybridized carbons (Fsp3) is 0.611. The minimum Gasteiger partial charge on any atom is -0.355 e. The number of benzene rings is 1. The van der Waals surface area contributed by atoms with Gasteiger partial charge < -0.3 is 4.90 Å². The first-order chi connectivity index (χ1) is 10.8. The van der Waals surface area contributed by atoms with Crippen LogP contribution in [0, 0.1) is 6.92 Å². The van der Waals surface area contributed by atoms with Gasteiger partial charge in [-0.2, -0.15) is 8.42 Å². The molecule has 0 fully saturated rings. The molecule has 0 N–H and O–H groups in total. The molecule has 0 aliphatic rings. The average Bonchev–Trinajstić information content (AvgIpc) is 2.35. The number of hydrogen-bond acceptors (Lipinski definition) is 2. The lowest BCUT2D eigenvalue weighted by Gasteiger charge is -2.35. The van der Waals surface area contributed by atoms with Crippen molar-refractivity contribution in [2.24, 2.45) is 4.40 Å². The van der Waals surface area contributed by atoms with Crippen LogP contribution in [0.25, 0.3) is 0 Å². The maximum atomic E-state index is 12.8. The molecule has 0 aromatic heterocycles. The standard InChI is InChI=1S/C18H32N2O2SSi/c1-14(2)20(15(3)4)18(13-24(6,7)8)19-23(21,22)17-11-9-16(5)10-12-17/h9-12,14-15H,13H2,1-8H3/b19-18+. The van der Waals surface area contributed by atoms with Crippen molar-refractivity contribution in [3.05, 3.63) is 29.8 Å². The molecule has 0 atom stereocenters. The van der Waals surface area contributed by atoms with E-state index in [1.54, 1.807) is 12.1 Å². The van der Waals surface area contributed by atoms with Crippen molar-refractivity contribution in [1.29, 1.82) is 0 Å². The number of sulfonamides is 1. The highest BCUT2D eigenvalue weighted by Crippen LogP contribution is 2.21. The molecule has 0 heterocycles. The molecule has 1 aromatic rings. The molecule has 4 nitrogen and oxygen atoms in total. The van der Waals surface area contributed by atoms with Gasteiger partial charge in [0, 0.05) is 18.1 Å². The third kappa shape index (κ3) is 6.05. The highest BCUT2D eigenvalue weighted by atomic mass is 32.2. The van der Waals surface area contributed by atoms with Crippen LogP contribution in [0.3, 0.4) is 0 Å². The molecule has 0 spiro atoms. The van der Waals surface area contributed by atoms with E-state index in [4.69, 9.17) is 0 Å². The van der Waals surface area contributed by atoms with Gasteiger partial charge in [0.05, 0.1) is 13.0 Å². The first-order valence-corrected chi connectivity index (χ1v) is 13.7. The molecule has 0 saturated carbocycles. The quantitative estimate of drug-likeness (QED) is 0.421. The van der Waals surface area contributed by atoms with Crippen LogP contribution < -0.4 is 0 Å². The molecule has 0 saturated heterocycles. The van der Waals surface area contributed by atoms with E-state index in [0.29, 0.717) is 5.84 Å². The maximum Gasteiger partial charge on any atom is 0.283 e. The summed E-state index contributed by atoms with van der Waals surface area (Å²) in [7, 11) is -5.21. The second-order valence-corrected chi connectivity index (χ2v) is 15.2. The number of nitrogens with zero attached hydrogens (tertiary/aromatic N) is 2.